The van der Waals surface area contributed by atoms with Crippen molar-refractivity contribution in [1.29, 1.82) is 0 Å². The van der Waals surface area contributed by atoms with Crippen LogP contribution in [0.3, 0.4) is 0 Å². The van der Waals surface area contributed by atoms with Crippen molar-refractivity contribution >= 4 is 28.8 Å². The van der Waals surface area contributed by atoms with Crippen molar-refractivity contribution in [2.24, 2.45) is 0 Å². The van der Waals surface area contributed by atoms with Crippen LogP contribution in [0, 0.1) is 0 Å². The Kier molecular flexibility index (Phi) is 4.57. The highest BCUT2D eigenvalue weighted by Crippen LogP contribution is 2.26. The molecule has 0 aliphatic heterocycles. The van der Waals surface area contributed by atoms with Gasteiger partial charge in [0.25, 0.3) is 5.91 Å². The Bertz CT molecular complexity index is 567. The van der Waals surface area contributed by atoms with Gasteiger partial charge in [0.05, 0.1) is 16.1 Å². The number of thiophene rings is 1. The molecule has 2 N–H and O–H groups in total. The normalized spacial score (nSPS) is 12.4. The van der Waals surface area contributed by atoms with Crippen LogP contribution in [0.1, 0.15) is 28.3 Å². The summed E-state index contributed by atoms with van der Waals surface area (Å²) in [4.78, 5) is 12.5. The first-order valence-corrected chi connectivity index (χ1v) is 7.03. The fourth-order valence-corrected chi connectivity index (χ4v) is 2.60. The smallest absolute Gasteiger partial charge is 0.254 e. The molecule has 0 aliphatic carbocycles. The molecule has 1 amide bonds. The molecule has 0 bridgehead atoms. The van der Waals surface area contributed by atoms with Gasteiger partial charge in [0, 0.05) is 24.2 Å². The number of halogens is 1. The minimum Gasteiger partial charge on any atom is -0.386 e. The van der Waals surface area contributed by atoms with E-state index in [1.54, 1.807) is 23.0 Å². The third-order valence-electron chi connectivity index (χ3n) is 2.60. The second kappa shape index (κ2) is 6.18. The minimum atomic E-state index is -0.748. The van der Waals surface area contributed by atoms with Crippen LogP contribution in [0.25, 0.3) is 0 Å². The maximum absolute atomic E-state index is 11.8. The number of amides is 1. The molecule has 0 radical (unpaired) electrons. The number of aliphatic hydroxyl groups excluding tert-OH is 1. The third-order valence-corrected chi connectivity index (χ3v) is 3.93. The van der Waals surface area contributed by atoms with Gasteiger partial charge in [-0.2, -0.15) is 5.10 Å². The van der Waals surface area contributed by atoms with E-state index >= 15 is 0 Å². The van der Waals surface area contributed by atoms with E-state index in [-0.39, 0.29) is 12.5 Å². The fraction of sp³-hybridized carbons (Fsp3) is 0.333. The number of nitrogens with zero attached hydrogens (tertiary/aromatic N) is 2. The van der Waals surface area contributed by atoms with Gasteiger partial charge in [-0.25, -0.2) is 0 Å². The molecule has 0 saturated heterocycles. The highest BCUT2D eigenvalue weighted by atomic mass is 35.5. The number of hydrogen-bond acceptors (Lipinski definition) is 4. The molecule has 0 saturated carbocycles. The molecule has 19 heavy (non-hydrogen) atoms. The lowest BCUT2D eigenvalue weighted by molar-refractivity contribution is 0.0918. The number of carbonyl (C=O) groups excluding carboxylic acids is 1. The molecule has 5 nitrogen and oxygen atoms in total. The van der Waals surface area contributed by atoms with E-state index in [4.69, 9.17) is 11.6 Å². The van der Waals surface area contributed by atoms with Crippen molar-refractivity contribution in [3.8, 4) is 0 Å². The van der Waals surface area contributed by atoms with Gasteiger partial charge in [-0.15, -0.1) is 11.3 Å². The lowest BCUT2D eigenvalue weighted by Crippen LogP contribution is -2.27. The Labute approximate surface area is 119 Å². The van der Waals surface area contributed by atoms with Crippen molar-refractivity contribution in [2.75, 3.05) is 6.54 Å². The second-order valence-corrected chi connectivity index (χ2v) is 5.70. The van der Waals surface area contributed by atoms with Gasteiger partial charge in [0.15, 0.2) is 0 Å². The summed E-state index contributed by atoms with van der Waals surface area (Å²) in [6, 6.07) is 3.47. The van der Waals surface area contributed by atoms with Crippen LogP contribution in [0.5, 0.6) is 0 Å². The molecule has 0 unspecified atom stereocenters. The van der Waals surface area contributed by atoms with Crippen molar-refractivity contribution in [2.45, 2.75) is 19.6 Å². The van der Waals surface area contributed by atoms with Crippen molar-refractivity contribution in [1.82, 2.24) is 15.1 Å². The molecule has 7 heteroatoms. The monoisotopic (exact) mass is 299 g/mol. The van der Waals surface area contributed by atoms with Crippen molar-refractivity contribution in [3.63, 3.8) is 0 Å². The Morgan fingerprint density at radius 2 is 2.42 bits per heavy atom. The summed E-state index contributed by atoms with van der Waals surface area (Å²) >= 11 is 7.09. The van der Waals surface area contributed by atoms with Crippen LogP contribution in [0.15, 0.2) is 24.5 Å². The zero-order chi connectivity index (χ0) is 13.8. The number of aryl methyl sites for hydroxylation is 1. The number of nitrogens with one attached hydrogen (secondary N) is 1. The van der Waals surface area contributed by atoms with Gasteiger partial charge in [-0.3, -0.25) is 9.48 Å². The average molecular weight is 300 g/mol. The Balaban J connectivity index is 1.89. The zero-order valence-corrected chi connectivity index (χ0v) is 11.9. The van der Waals surface area contributed by atoms with E-state index in [0.29, 0.717) is 16.4 Å². The quantitative estimate of drug-likeness (QED) is 0.888. The number of rotatable bonds is 5. The minimum absolute atomic E-state index is 0.146. The van der Waals surface area contributed by atoms with Crippen LogP contribution in [-0.4, -0.2) is 27.3 Å². The molecule has 0 spiro atoms. The molecular weight excluding hydrogens is 286 g/mol. The van der Waals surface area contributed by atoms with Crippen LogP contribution in [0.2, 0.25) is 4.34 Å². The summed E-state index contributed by atoms with van der Waals surface area (Å²) < 4.78 is 2.29. The highest BCUT2D eigenvalue weighted by molar-refractivity contribution is 7.16. The number of hydrogen-bond donors (Lipinski definition) is 2. The van der Waals surface area contributed by atoms with E-state index in [2.05, 4.69) is 10.4 Å². The molecule has 2 aromatic heterocycles. The Hall–Kier alpha value is -1.37. The molecular formula is C12H14ClN3O2S. The third kappa shape index (κ3) is 3.56. The second-order valence-electron chi connectivity index (χ2n) is 3.95. The molecule has 2 aromatic rings. The number of aliphatic hydroxyl groups is 1. The average Bonchev–Trinajstić information content (AvgIpc) is 3.04. The first kappa shape index (κ1) is 14.0. The highest BCUT2D eigenvalue weighted by Gasteiger charge is 2.13. The van der Waals surface area contributed by atoms with Crippen LogP contribution >= 0.6 is 22.9 Å². The topological polar surface area (TPSA) is 67.2 Å². The van der Waals surface area contributed by atoms with Gasteiger partial charge < -0.3 is 10.4 Å². The van der Waals surface area contributed by atoms with Gasteiger partial charge in [0.2, 0.25) is 0 Å². The molecule has 102 valence electrons. The van der Waals surface area contributed by atoms with E-state index in [9.17, 15) is 9.90 Å². The predicted octanol–water partition coefficient (Wildman–Crippen LogP) is 2.08. The standard InChI is InChI=1S/C12H14ClN3O2S/c1-2-16-7-8(5-15-16)12(18)14-6-9(17)10-3-4-11(13)19-10/h3-5,7,9,17H,2,6H2,1H3,(H,14,18)/t9-/m0/s1. The first-order valence-electron chi connectivity index (χ1n) is 5.84. The SMILES string of the molecule is CCn1cc(C(=O)NC[C@H](O)c2ccc(Cl)s2)cn1. The predicted molar refractivity (Wildman–Crippen MR) is 74.5 cm³/mol. The van der Waals surface area contributed by atoms with E-state index in [1.807, 2.05) is 6.92 Å². The van der Waals surface area contributed by atoms with Crippen molar-refractivity contribution < 1.29 is 9.90 Å². The lowest BCUT2D eigenvalue weighted by Gasteiger charge is -2.09. The molecule has 0 aromatic carbocycles. The largest absolute Gasteiger partial charge is 0.386 e. The maximum atomic E-state index is 11.8. The fourth-order valence-electron chi connectivity index (χ4n) is 1.55. The molecule has 1 atom stereocenters. The number of carbonyl (C=O) groups is 1. The Morgan fingerprint density at radius 1 is 1.63 bits per heavy atom. The molecule has 0 aliphatic rings. The summed E-state index contributed by atoms with van der Waals surface area (Å²) in [5.41, 5.74) is 0.485. The zero-order valence-electron chi connectivity index (χ0n) is 10.3. The van der Waals surface area contributed by atoms with Crippen LogP contribution in [-0.2, 0) is 6.54 Å². The summed E-state index contributed by atoms with van der Waals surface area (Å²) in [5, 5.41) is 16.6. The summed E-state index contributed by atoms with van der Waals surface area (Å²) in [6.07, 6.45) is 2.43. The lowest BCUT2D eigenvalue weighted by atomic mass is 10.2. The van der Waals surface area contributed by atoms with Crippen LogP contribution < -0.4 is 5.32 Å². The summed E-state index contributed by atoms with van der Waals surface area (Å²) in [6.45, 7) is 2.80. The van der Waals surface area contributed by atoms with Crippen LogP contribution in [0.4, 0.5) is 0 Å². The van der Waals surface area contributed by atoms with Gasteiger partial charge in [-0.05, 0) is 19.1 Å². The first-order chi connectivity index (χ1) is 9.10. The van der Waals surface area contributed by atoms with E-state index in [0.717, 1.165) is 4.88 Å². The van der Waals surface area contributed by atoms with Crippen molar-refractivity contribution in [3.05, 3.63) is 39.3 Å². The van der Waals surface area contributed by atoms with E-state index in [1.165, 1.54) is 17.5 Å². The van der Waals surface area contributed by atoms with Gasteiger partial charge in [-0.1, -0.05) is 11.6 Å². The summed E-state index contributed by atoms with van der Waals surface area (Å²) in [5.74, 6) is -0.249. The molecule has 2 heterocycles. The van der Waals surface area contributed by atoms with Gasteiger partial charge >= 0.3 is 0 Å². The molecule has 0 fully saturated rings. The van der Waals surface area contributed by atoms with Gasteiger partial charge in [0.1, 0.15) is 6.10 Å². The number of aromatic nitrogens is 2. The summed E-state index contributed by atoms with van der Waals surface area (Å²) in [7, 11) is 0. The maximum Gasteiger partial charge on any atom is 0.254 e. The van der Waals surface area contributed by atoms with E-state index < -0.39 is 6.10 Å². The Morgan fingerprint density at radius 3 is 3.00 bits per heavy atom. The molecule has 2 rings (SSSR count).